The molecule has 2 aromatic carbocycles. The Hall–Kier alpha value is -2.53. The van der Waals surface area contributed by atoms with Gasteiger partial charge in [0.15, 0.2) is 0 Å². The molecule has 2 rings (SSSR count). The van der Waals surface area contributed by atoms with Gasteiger partial charge in [0, 0.05) is 24.7 Å². The van der Waals surface area contributed by atoms with Gasteiger partial charge in [0.05, 0.1) is 9.79 Å². The molecule has 0 aromatic heterocycles. The van der Waals surface area contributed by atoms with Crippen LogP contribution < -0.4 is 14.8 Å². The number of carbonyl (C=O) groups excluding carboxylic acids is 1. The minimum Gasteiger partial charge on any atom is -0.348 e. The van der Waals surface area contributed by atoms with Gasteiger partial charge in [-0.15, -0.1) is 6.58 Å². The van der Waals surface area contributed by atoms with Crippen LogP contribution in [0.5, 0.6) is 0 Å². The van der Waals surface area contributed by atoms with Crippen molar-refractivity contribution in [2.24, 2.45) is 0 Å². The second kappa shape index (κ2) is 9.98. The third kappa shape index (κ3) is 6.49. The first-order valence-corrected chi connectivity index (χ1v) is 12.1. The number of nitrogens with one attached hydrogen (secondary N) is 3. The van der Waals surface area contributed by atoms with E-state index in [9.17, 15) is 21.6 Å². The normalized spacial score (nSPS) is 12.0. The lowest BCUT2D eigenvalue weighted by molar-refractivity contribution is 0.0950. The molecule has 0 aliphatic heterocycles. The Morgan fingerprint density at radius 2 is 1.67 bits per heavy atom. The van der Waals surface area contributed by atoms with Gasteiger partial charge < -0.3 is 5.32 Å². The quantitative estimate of drug-likeness (QED) is 0.475. The summed E-state index contributed by atoms with van der Waals surface area (Å²) in [5.41, 5.74) is 0.894. The average Bonchev–Trinajstić information content (AvgIpc) is 2.70. The monoisotopic (exact) mass is 451 g/mol. The minimum absolute atomic E-state index is 0.0384. The number of sulfonamides is 2. The molecule has 0 spiro atoms. The standard InChI is InChI=1S/C20H25N3O5S2/c1-4-12-22-29(25,26)18-10-8-17(9-11-18)20(24)21-14-16-6-5-7-19(13-16)30(27,28)23-15(2)3/h4-11,13,15,22-23H,1,12,14H2,2-3H3,(H,21,24). The fraction of sp³-hybridized carbons (Fsp3) is 0.250. The molecule has 162 valence electrons. The van der Waals surface area contributed by atoms with Gasteiger partial charge in [-0.25, -0.2) is 26.3 Å². The van der Waals surface area contributed by atoms with Gasteiger partial charge in [-0.05, 0) is 55.8 Å². The number of hydrogen-bond acceptors (Lipinski definition) is 5. The Balaban J connectivity index is 2.06. The highest BCUT2D eigenvalue weighted by Crippen LogP contribution is 2.13. The number of hydrogen-bond donors (Lipinski definition) is 3. The van der Waals surface area contributed by atoms with Gasteiger partial charge >= 0.3 is 0 Å². The summed E-state index contributed by atoms with van der Waals surface area (Å²) in [6.07, 6.45) is 1.43. The molecule has 3 N–H and O–H groups in total. The van der Waals surface area contributed by atoms with Crippen molar-refractivity contribution in [3.8, 4) is 0 Å². The summed E-state index contributed by atoms with van der Waals surface area (Å²) in [5, 5.41) is 2.69. The molecule has 2 aromatic rings. The van der Waals surface area contributed by atoms with Crippen molar-refractivity contribution in [2.45, 2.75) is 36.2 Å². The van der Waals surface area contributed by atoms with Crippen LogP contribution in [-0.2, 0) is 26.6 Å². The fourth-order valence-corrected chi connectivity index (χ4v) is 4.84. The van der Waals surface area contributed by atoms with E-state index in [1.165, 1.54) is 42.5 Å². The lowest BCUT2D eigenvalue weighted by atomic mass is 10.2. The lowest BCUT2D eigenvalue weighted by Crippen LogP contribution is -2.30. The van der Waals surface area contributed by atoms with E-state index in [1.54, 1.807) is 26.0 Å². The van der Waals surface area contributed by atoms with Crippen molar-refractivity contribution < 1.29 is 21.6 Å². The molecule has 0 aliphatic carbocycles. The van der Waals surface area contributed by atoms with Crippen LogP contribution in [-0.4, -0.2) is 35.3 Å². The van der Waals surface area contributed by atoms with Crippen LogP contribution in [0, 0.1) is 0 Å². The van der Waals surface area contributed by atoms with Crippen LogP contribution in [0.1, 0.15) is 29.8 Å². The van der Waals surface area contributed by atoms with E-state index in [2.05, 4.69) is 21.3 Å². The number of amides is 1. The summed E-state index contributed by atoms with van der Waals surface area (Å²) in [4.78, 5) is 12.5. The maximum atomic E-state index is 12.4. The molecule has 0 unspecified atom stereocenters. The molecule has 0 aliphatic rings. The molecule has 0 radical (unpaired) electrons. The molecular formula is C20H25N3O5S2. The second-order valence-corrected chi connectivity index (χ2v) is 10.3. The number of benzene rings is 2. The second-order valence-electron chi connectivity index (χ2n) is 6.77. The first-order valence-electron chi connectivity index (χ1n) is 9.15. The Bertz CT molecular complexity index is 1110. The van der Waals surface area contributed by atoms with Crippen LogP contribution in [0.4, 0.5) is 0 Å². The van der Waals surface area contributed by atoms with Crippen molar-refractivity contribution in [2.75, 3.05) is 6.54 Å². The molecule has 0 bridgehead atoms. The molecule has 0 saturated carbocycles. The third-order valence-electron chi connectivity index (χ3n) is 3.90. The Morgan fingerprint density at radius 1 is 1.00 bits per heavy atom. The predicted molar refractivity (Wildman–Crippen MR) is 115 cm³/mol. The van der Waals surface area contributed by atoms with E-state index in [4.69, 9.17) is 0 Å². The maximum absolute atomic E-state index is 12.4. The first kappa shape index (κ1) is 23.7. The summed E-state index contributed by atoms with van der Waals surface area (Å²) in [6, 6.07) is 11.5. The van der Waals surface area contributed by atoms with Gasteiger partial charge in [0.25, 0.3) is 5.91 Å². The molecule has 30 heavy (non-hydrogen) atoms. The van der Waals surface area contributed by atoms with Gasteiger partial charge in [-0.3, -0.25) is 4.79 Å². The fourth-order valence-electron chi connectivity index (χ4n) is 2.52. The highest BCUT2D eigenvalue weighted by atomic mass is 32.2. The van der Waals surface area contributed by atoms with Crippen LogP contribution in [0.15, 0.2) is 71.0 Å². The Labute approximate surface area is 177 Å². The highest BCUT2D eigenvalue weighted by Gasteiger charge is 2.16. The molecule has 8 nitrogen and oxygen atoms in total. The zero-order valence-electron chi connectivity index (χ0n) is 16.8. The summed E-state index contributed by atoms with van der Waals surface area (Å²) >= 11 is 0. The van der Waals surface area contributed by atoms with E-state index in [0.717, 1.165) is 0 Å². The van der Waals surface area contributed by atoms with Gasteiger partial charge in [-0.1, -0.05) is 18.2 Å². The molecular weight excluding hydrogens is 426 g/mol. The average molecular weight is 452 g/mol. The summed E-state index contributed by atoms with van der Waals surface area (Å²) in [5.74, 6) is -0.411. The van der Waals surface area contributed by atoms with E-state index in [1.807, 2.05) is 0 Å². The zero-order chi connectivity index (χ0) is 22.4. The maximum Gasteiger partial charge on any atom is 0.251 e. The van der Waals surface area contributed by atoms with Crippen LogP contribution in [0.25, 0.3) is 0 Å². The zero-order valence-corrected chi connectivity index (χ0v) is 18.4. The van der Waals surface area contributed by atoms with Gasteiger partial charge in [0.2, 0.25) is 20.0 Å². The van der Waals surface area contributed by atoms with Crippen molar-refractivity contribution in [3.63, 3.8) is 0 Å². The lowest BCUT2D eigenvalue weighted by Gasteiger charge is -2.11. The highest BCUT2D eigenvalue weighted by molar-refractivity contribution is 7.89. The minimum atomic E-state index is -3.66. The van der Waals surface area contributed by atoms with E-state index < -0.39 is 26.0 Å². The van der Waals surface area contributed by atoms with Crippen LogP contribution in [0.3, 0.4) is 0 Å². The molecule has 0 heterocycles. The topological polar surface area (TPSA) is 121 Å². The Morgan fingerprint density at radius 3 is 2.27 bits per heavy atom. The molecule has 0 fully saturated rings. The summed E-state index contributed by atoms with van der Waals surface area (Å²) in [6.45, 7) is 7.13. The van der Waals surface area contributed by atoms with E-state index in [0.29, 0.717) is 5.56 Å². The van der Waals surface area contributed by atoms with Crippen molar-refractivity contribution in [3.05, 3.63) is 72.3 Å². The van der Waals surface area contributed by atoms with E-state index in [-0.39, 0.29) is 34.5 Å². The van der Waals surface area contributed by atoms with Crippen molar-refractivity contribution in [1.29, 1.82) is 0 Å². The SMILES string of the molecule is C=CCNS(=O)(=O)c1ccc(C(=O)NCc2cccc(S(=O)(=O)NC(C)C)c2)cc1. The van der Waals surface area contributed by atoms with Crippen molar-refractivity contribution >= 4 is 26.0 Å². The van der Waals surface area contributed by atoms with Gasteiger partial charge in [0.1, 0.15) is 0 Å². The van der Waals surface area contributed by atoms with E-state index >= 15 is 0 Å². The number of carbonyl (C=O) groups is 1. The van der Waals surface area contributed by atoms with Gasteiger partial charge in [-0.2, -0.15) is 0 Å². The molecule has 10 heteroatoms. The largest absolute Gasteiger partial charge is 0.348 e. The molecule has 1 amide bonds. The first-order chi connectivity index (χ1) is 14.0. The summed E-state index contributed by atoms with van der Waals surface area (Å²) in [7, 11) is -7.29. The van der Waals surface area contributed by atoms with Crippen molar-refractivity contribution in [1.82, 2.24) is 14.8 Å². The van der Waals surface area contributed by atoms with Crippen LogP contribution >= 0.6 is 0 Å². The number of rotatable bonds is 10. The smallest absolute Gasteiger partial charge is 0.251 e. The molecule has 0 saturated heterocycles. The third-order valence-corrected chi connectivity index (χ3v) is 6.99. The predicted octanol–water partition coefficient (Wildman–Crippen LogP) is 1.77. The summed E-state index contributed by atoms with van der Waals surface area (Å²) < 4.78 is 53.5. The van der Waals surface area contributed by atoms with Crippen LogP contribution in [0.2, 0.25) is 0 Å². The molecule has 0 atom stereocenters. The Kier molecular flexibility index (Phi) is 7.90.